The zero-order valence-corrected chi connectivity index (χ0v) is 17.0. The molecule has 1 aliphatic heterocycles. The van der Waals surface area contributed by atoms with Gasteiger partial charge in [-0.2, -0.15) is 5.10 Å². The number of carbonyl (C=O) groups is 1. The first-order valence-electron chi connectivity index (χ1n) is 10.2. The summed E-state index contributed by atoms with van der Waals surface area (Å²) in [6.45, 7) is 3.08. The zero-order chi connectivity index (χ0) is 21.4. The number of rotatable bonds is 5. The smallest absolute Gasteiger partial charge is 0.258 e. The molecule has 1 amide bonds. The molecule has 158 valence electrons. The molecule has 9 nitrogen and oxygen atoms in total. The van der Waals surface area contributed by atoms with Crippen LogP contribution in [0.15, 0.2) is 42.7 Å². The van der Waals surface area contributed by atoms with Crippen molar-refractivity contribution in [2.24, 2.45) is 5.73 Å². The molecule has 0 fully saturated rings. The number of carbonyl (C=O) groups excluding carboxylic acids is 1. The second-order valence-corrected chi connectivity index (χ2v) is 7.51. The van der Waals surface area contributed by atoms with Crippen LogP contribution in [-0.2, 0) is 11.3 Å². The Morgan fingerprint density at radius 2 is 2.03 bits per heavy atom. The van der Waals surface area contributed by atoms with Crippen molar-refractivity contribution >= 4 is 16.9 Å². The first kappa shape index (κ1) is 19.1. The van der Waals surface area contributed by atoms with Gasteiger partial charge in [0, 0.05) is 29.8 Å². The van der Waals surface area contributed by atoms with E-state index in [9.17, 15) is 4.79 Å². The average Bonchev–Trinajstić information content (AvgIpc) is 3.40. The van der Waals surface area contributed by atoms with Crippen LogP contribution >= 0.6 is 0 Å². The number of aromatic amines is 1. The van der Waals surface area contributed by atoms with Gasteiger partial charge in [-0.15, -0.1) is 0 Å². The number of aryl methyl sites for hydroxylation is 1. The minimum Gasteiger partial charge on any atom is -0.491 e. The standard InChI is InChI=1S/C22H22N6O3/c1-13(20(23)29)31-16-10-17-19-18(11-16)30-9-3-2-8-28(19)22(26-17)15-6-4-14(5-7-15)21-24-12-25-27-21/h4-7,10-13H,2-3,8-9H2,1H3,(H2,23,29)(H,24,25,27). The number of primary amides is 1. The summed E-state index contributed by atoms with van der Waals surface area (Å²) in [7, 11) is 0. The Labute approximate surface area is 178 Å². The Balaban J connectivity index is 1.60. The summed E-state index contributed by atoms with van der Waals surface area (Å²) in [4.78, 5) is 20.5. The maximum atomic E-state index is 11.4. The van der Waals surface area contributed by atoms with Gasteiger partial charge in [0.1, 0.15) is 29.2 Å². The number of aromatic nitrogens is 5. The summed E-state index contributed by atoms with van der Waals surface area (Å²) in [6.07, 6.45) is 2.67. The number of H-pyrrole nitrogens is 1. The number of amides is 1. The summed E-state index contributed by atoms with van der Waals surface area (Å²) in [5.74, 6) is 2.25. The van der Waals surface area contributed by atoms with Gasteiger partial charge in [0.25, 0.3) is 5.91 Å². The van der Waals surface area contributed by atoms with E-state index in [1.54, 1.807) is 6.92 Å². The van der Waals surface area contributed by atoms with Crippen molar-refractivity contribution in [1.82, 2.24) is 24.7 Å². The number of nitrogens with two attached hydrogens (primary N) is 1. The van der Waals surface area contributed by atoms with Crippen molar-refractivity contribution in [1.29, 1.82) is 0 Å². The molecule has 2 aromatic carbocycles. The number of nitrogens with one attached hydrogen (secondary N) is 1. The Hall–Kier alpha value is -3.88. The topological polar surface area (TPSA) is 121 Å². The molecule has 31 heavy (non-hydrogen) atoms. The van der Waals surface area contributed by atoms with Gasteiger partial charge in [0.05, 0.1) is 12.1 Å². The summed E-state index contributed by atoms with van der Waals surface area (Å²) < 4.78 is 13.9. The first-order chi connectivity index (χ1) is 15.1. The molecule has 1 unspecified atom stereocenters. The molecule has 3 heterocycles. The van der Waals surface area contributed by atoms with E-state index in [1.807, 2.05) is 36.4 Å². The lowest BCUT2D eigenvalue weighted by Crippen LogP contribution is -2.30. The van der Waals surface area contributed by atoms with Gasteiger partial charge in [-0.1, -0.05) is 24.3 Å². The van der Waals surface area contributed by atoms with Crippen molar-refractivity contribution in [2.45, 2.75) is 32.4 Å². The molecule has 1 aliphatic rings. The van der Waals surface area contributed by atoms with Gasteiger partial charge >= 0.3 is 0 Å². The normalized spacial score (nSPS) is 14.5. The fraction of sp³-hybridized carbons (Fsp3) is 0.273. The van der Waals surface area contributed by atoms with Crippen LogP contribution in [0.5, 0.6) is 11.5 Å². The number of ether oxygens (including phenoxy) is 2. The van der Waals surface area contributed by atoms with E-state index in [-0.39, 0.29) is 0 Å². The van der Waals surface area contributed by atoms with Gasteiger partial charge in [-0.25, -0.2) is 9.97 Å². The fourth-order valence-electron chi connectivity index (χ4n) is 3.76. The van der Waals surface area contributed by atoms with E-state index in [4.69, 9.17) is 20.2 Å². The largest absolute Gasteiger partial charge is 0.491 e. The van der Waals surface area contributed by atoms with Crippen LogP contribution in [0.1, 0.15) is 19.8 Å². The van der Waals surface area contributed by atoms with Crippen molar-refractivity contribution < 1.29 is 14.3 Å². The molecule has 0 saturated carbocycles. The van der Waals surface area contributed by atoms with E-state index < -0.39 is 12.0 Å². The third kappa shape index (κ3) is 3.58. The highest BCUT2D eigenvalue weighted by molar-refractivity contribution is 5.88. The summed E-state index contributed by atoms with van der Waals surface area (Å²) in [5.41, 5.74) is 8.96. The molecule has 4 aromatic rings. The molecule has 9 heteroatoms. The lowest BCUT2D eigenvalue weighted by Gasteiger charge is -2.18. The van der Waals surface area contributed by atoms with Gasteiger partial charge < -0.3 is 19.8 Å². The Morgan fingerprint density at radius 3 is 2.77 bits per heavy atom. The van der Waals surface area contributed by atoms with Crippen molar-refractivity contribution in [3.63, 3.8) is 0 Å². The summed E-state index contributed by atoms with van der Waals surface area (Å²) >= 11 is 0. The average molecular weight is 418 g/mol. The van der Waals surface area contributed by atoms with E-state index in [1.165, 1.54) is 6.33 Å². The number of nitrogens with zero attached hydrogens (tertiary/aromatic N) is 4. The van der Waals surface area contributed by atoms with Gasteiger partial charge in [0.15, 0.2) is 11.9 Å². The van der Waals surface area contributed by atoms with Crippen LogP contribution < -0.4 is 15.2 Å². The molecular weight excluding hydrogens is 396 g/mol. The predicted molar refractivity (Wildman–Crippen MR) is 115 cm³/mol. The molecule has 3 N–H and O–H groups in total. The molecule has 1 atom stereocenters. The predicted octanol–water partition coefficient (Wildman–Crippen LogP) is 2.91. The number of hydrogen-bond donors (Lipinski definition) is 2. The Morgan fingerprint density at radius 1 is 1.23 bits per heavy atom. The monoisotopic (exact) mass is 418 g/mol. The Bertz CT molecular complexity index is 1230. The molecule has 0 saturated heterocycles. The van der Waals surface area contributed by atoms with Crippen LogP contribution in [0.3, 0.4) is 0 Å². The molecule has 2 aromatic heterocycles. The molecule has 0 spiro atoms. The second kappa shape index (κ2) is 7.75. The van der Waals surface area contributed by atoms with Crippen molar-refractivity contribution in [3.8, 4) is 34.3 Å². The number of imidazole rings is 1. The van der Waals surface area contributed by atoms with Gasteiger partial charge in [-0.3, -0.25) is 9.89 Å². The van der Waals surface area contributed by atoms with Crippen molar-refractivity contribution in [2.75, 3.05) is 6.61 Å². The highest BCUT2D eigenvalue weighted by Gasteiger charge is 2.21. The molecule has 0 radical (unpaired) electrons. The van der Waals surface area contributed by atoms with Crippen LogP contribution in [0.25, 0.3) is 33.8 Å². The third-order valence-corrected chi connectivity index (χ3v) is 5.36. The molecule has 0 aliphatic carbocycles. The maximum absolute atomic E-state index is 11.4. The van der Waals surface area contributed by atoms with Crippen LogP contribution in [0.4, 0.5) is 0 Å². The Kier molecular flexibility index (Phi) is 4.78. The zero-order valence-electron chi connectivity index (χ0n) is 17.0. The highest BCUT2D eigenvalue weighted by Crippen LogP contribution is 2.37. The van der Waals surface area contributed by atoms with Gasteiger partial charge in [-0.05, 0) is 19.8 Å². The molecule has 5 rings (SSSR count). The van der Waals surface area contributed by atoms with Crippen LogP contribution in [-0.4, -0.2) is 43.4 Å². The molecule has 0 bridgehead atoms. The van der Waals surface area contributed by atoms with E-state index >= 15 is 0 Å². The minimum absolute atomic E-state index is 0.506. The van der Waals surface area contributed by atoms with Crippen LogP contribution in [0.2, 0.25) is 0 Å². The third-order valence-electron chi connectivity index (χ3n) is 5.36. The first-order valence-corrected chi connectivity index (χ1v) is 10.2. The van der Waals surface area contributed by atoms with Crippen LogP contribution in [0, 0.1) is 0 Å². The SMILES string of the molecule is CC(Oc1cc2c3c(c1)nc(-c1ccc(-c4ncn[nH]4)cc1)n3CCCCO2)C(N)=O. The van der Waals surface area contributed by atoms with E-state index in [2.05, 4.69) is 19.7 Å². The lowest BCUT2D eigenvalue weighted by molar-refractivity contribution is -0.123. The fourth-order valence-corrected chi connectivity index (χ4v) is 3.76. The summed E-state index contributed by atoms with van der Waals surface area (Å²) in [5, 5.41) is 6.78. The maximum Gasteiger partial charge on any atom is 0.258 e. The number of benzene rings is 2. The quantitative estimate of drug-likeness (QED) is 0.514. The van der Waals surface area contributed by atoms with E-state index in [0.29, 0.717) is 18.1 Å². The molecular formula is C22H22N6O3. The second-order valence-electron chi connectivity index (χ2n) is 7.51. The highest BCUT2D eigenvalue weighted by atomic mass is 16.5. The van der Waals surface area contributed by atoms with E-state index in [0.717, 1.165) is 53.2 Å². The lowest BCUT2D eigenvalue weighted by atomic mass is 10.1. The van der Waals surface area contributed by atoms with Gasteiger partial charge in [0.2, 0.25) is 0 Å². The number of hydrogen-bond acceptors (Lipinski definition) is 6. The van der Waals surface area contributed by atoms with Crippen molar-refractivity contribution in [3.05, 3.63) is 42.7 Å². The summed E-state index contributed by atoms with van der Waals surface area (Å²) in [6, 6.07) is 11.7. The minimum atomic E-state index is -0.747.